The lowest BCUT2D eigenvalue weighted by molar-refractivity contribution is -0.148. The van der Waals surface area contributed by atoms with Crippen LogP contribution in [0.1, 0.15) is 33.8 Å². The summed E-state index contributed by atoms with van der Waals surface area (Å²) in [5.41, 5.74) is 5.03. The van der Waals surface area contributed by atoms with Crippen molar-refractivity contribution in [3.8, 4) is 11.1 Å². The van der Waals surface area contributed by atoms with E-state index in [0.29, 0.717) is 5.69 Å². The molecule has 8 heteroatoms. The van der Waals surface area contributed by atoms with Gasteiger partial charge in [0.1, 0.15) is 6.61 Å². The predicted octanol–water partition coefficient (Wildman–Crippen LogP) is 4.27. The van der Waals surface area contributed by atoms with Gasteiger partial charge in [-0.15, -0.1) is 0 Å². The molecule has 1 aliphatic carbocycles. The fourth-order valence-electron chi connectivity index (χ4n) is 4.29. The molecule has 0 aromatic heterocycles. The Balaban J connectivity index is 1.38. The fraction of sp³-hybridized carbons (Fsp3) is 0.222. The number of para-hydroxylation sites is 1. The van der Waals surface area contributed by atoms with E-state index >= 15 is 0 Å². The molecule has 0 radical (unpaired) electrons. The van der Waals surface area contributed by atoms with Crippen molar-refractivity contribution < 1.29 is 29.0 Å². The van der Waals surface area contributed by atoms with E-state index in [1.54, 1.807) is 24.3 Å². The first-order chi connectivity index (χ1) is 17.0. The summed E-state index contributed by atoms with van der Waals surface area (Å²) < 4.78 is 10.4. The van der Waals surface area contributed by atoms with Crippen molar-refractivity contribution in [2.24, 2.45) is 0 Å². The normalized spacial score (nSPS) is 12.8. The van der Waals surface area contributed by atoms with Crippen molar-refractivity contribution in [2.75, 3.05) is 25.6 Å². The molecule has 180 valence electrons. The lowest BCUT2D eigenvalue weighted by Crippen LogP contribution is -2.31. The van der Waals surface area contributed by atoms with E-state index in [1.807, 2.05) is 36.4 Å². The number of rotatable bonds is 9. The zero-order valence-electron chi connectivity index (χ0n) is 19.2. The van der Waals surface area contributed by atoms with Gasteiger partial charge in [0.15, 0.2) is 6.10 Å². The van der Waals surface area contributed by atoms with Crippen LogP contribution in [0.2, 0.25) is 0 Å². The van der Waals surface area contributed by atoms with Gasteiger partial charge in [-0.05, 0) is 34.4 Å². The van der Waals surface area contributed by atoms with Gasteiger partial charge in [0.2, 0.25) is 0 Å². The number of benzene rings is 3. The lowest BCUT2D eigenvalue weighted by Gasteiger charge is -2.16. The molecule has 0 bridgehead atoms. The summed E-state index contributed by atoms with van der Waals surface area (Å²) in [5.74, 6) is -1.62. The average Bonchev–Trinajstić information content (AvgIpc) is 3.19. The van der Waals surface area contributed by atoms with Gasteiger partial charge in [0.05, 0.1) is 11.3 Å². The van der Waals surface area contributed by atoms with Crippen molar-refractivity contribution in [3.63, 3.8) is 0 Å². The van der Waals surface area contributed by atoms with Crippen LogP contribution < -0.4 is 10.6 Å². The highest BCUT2D eigenvalue weighted by Crippen LogP contribution is 2.44. The number of methoxy groups -OCH3 is 1. The summed E-state index contributed by atoms with van der Waals surface area (Å²) >= 11 is 0. The monoisotopic (exact) mass is 474 g/mol. The van der Waals surface area contributed by atoms with E-state index < -0.39 is 24.1 Å². The third-order valence-electron chi connectivity index (χ3n) is 6.00. The SMILES string of the molecule is COC(CCNC(=O)c1ccccc1NC(=O)OCC1c2ccccc2-c2ccccc21)C(=O)O. The zero-order valence-corrected chi connectivity index (χ0v) is 19.2. The Morgan fingerprint density at radius 3 is 2.14 bits per heavy atom. The molecule has 1 atom stereocenters. The average molecular weight is 475 g/mol. The van der Waals surface area contributed by atoms with Crippen LogP contribution in [0, 0.1) is 0 Å². The minimum atomic E-state index is -1.10. The molecule has 0 saturated carbocycles. The van der Waals surface area contributed by atoms with Crippen LogP contribution in [-0.2, 0) is 14.3 Å². The highest BCUT2D eigenvalue weighted by molar-refractivity contribution is 6.02. The summed E-state index contributed by atoms with van der Waals surface area (Å²) in [6, 6.07) is 22.7. The van der Waals surface area contributed by atoms with Crippen LogP contribution in [0.15, 0.2) is 72.8 Å². The van der Waals surface area contributed by atoms with Crippen LogP contribution >= 0.6 is 0 Å². The molecule has 2 amide bonds. The Morgan fingerprint density at radius 2 is 1.51 bits per heavy atom. The summed E-state index contributed by atoms with van der Waals surface area (Å²) in [6.07, 6.45) is -1.57. The third-order valence-corrected chi connectivity index (χ3v) is 6.00. The van der Waals surface area contributed by atoms with E-state index in [-0.39, 0.29) is 31.1 Å². The van der Waals surface area contributed by atoms with Crippen molar-refractivity contribution in [3.05, 3.63) is 89.5 Å². The van der Waals surface area contributed by atoms with Gasteiger partial charge in [-0.1, -0.05) is 60.7 Å². The second kappa shape index (κ2) is 10.8. The molecule has 0 heterocycles. The zero-order chi connectivity index (χ0) is 24.8. The molecule has 35 heavy (non-hydrogen) atoms. The molecular formula is C27H26N2O6. The lowest BCUT2D eigenvalue weighted by atomic mass is 9.98. The number of anilines is 1. The van der Waals surface area contributed by atoms with Crippen molar-refractivity contribution in [1.29, 1.82) is 0 Å². The molecule has 3 N–H and O–H groups in total. The molecule has 1 aliphatic rings. The van der Waals surface area contributed by atoms with Gasteiger partial charge in [-0.2, -0.15) is 0 Å². The van der Waals surface area contributed by atoms with Crippen molar-refractivity contribution in [2.45, 2.75) is 18.4 Å². The van der Waals surface area contributed by atoms with E-state index in [9.17, 15) is 14.4 Å². The highest BCUT2D eigenvalue weighted by Gasteiger charge is 2.29. The summed E-state index contributed by atoms with van der Waals surface area (Å²) in [4.78, 5) is 36.3. The number of nitrogens with one attached hydrogen (secondary N) is 2. The van der Waals surface area contributed by atoms with E-state index in [4.69, 9.17) is 14.6 Å². The first kappa shape index (κ1) is 24.0. The molecule has 3 aromatic rings. The highest BCUT2D eigenvalue weighted by atomic mass is 16.5. The number of ether oxygens (including phenoxy) is 2. The number of carbonyl (C=O) groups excluding carboxylic acids is 2. The Kier molecular flexibility index (Phi) is 7.42. The summed E-state index contributed by atoms with van der Waals surface area (Å²) in [5, 5.41) is 14.3. The minimum Gasteiger partial charge on any atom is -0.479 e. The second-order valence-electron chi connectivity index (χ2n) is 8.10. The fourth-order valence-corrected chi connectivity index (χ4v) is 4.29. The molecule has 4 rings (SSSR count). The Labute approximate surface area is 202 Å². The largest absolute Gasteiger partial charge is 0.479 e. The molecule has 3 aromatic carbocycles. The van der Waals surface area contributed by atoms with Gasteiger partial charge >= 0.3 is 12.1 Å². The Morgan fingerprint density at radius 1 is 0.914 bits per heavy atom. The quantitative estimate of drug-likeness (QED) is 0.427. The number of carboxylic acids is 1. The number of hydrogen-bond donors (Lipinski definition) is 3. The maximum absolute atomic E-state index is 12.6. The second-order valence-corrected chi connectivity index (χ2v) is 8.10. The van der Waals surface area contributed by atoms with Crippen LogP contribution in [0.3, 0.4) is 0 Å². The van der Waals surface area contributed by atoms with Gasteiger partial charge in [0, 0.05) is 26.0 Å². The van der Waals surface area contributed by atoms with Gasteiger partial charge in [-0.25, -0.2) is 9.59 Å². The number of hydrogen-bond acceptors (Lipinski definition) is 5. The molecule has 0 saturated heterocycles. The number of carbonyl (C=O) groups is 3. The maximum atomic E-state index is 12.6. The van der Waals surface area contributed by atoms with Gasteiger partial charge in [-0.3, -0.25) is 10.1 Å². The Hall–Kier alpha value is -4.17. The maximum Gasteiger partial charge on any atom is 0.411 e. The number of carboxylic acid groups (broad SMARTS) is 1. The minimum absolute atomic E-state index is 0.0744. The van der Waals surface area contributed by atoms with Crippen molar-refractivity contribution >= 4 is 23.7 Å². The molecule has 0 aliphatic heterocycles. The van der Waals surface area contributed by atoms with Gasteiger partial charge < -0.3 is 19.9 Å². The van der Waals surface area contributed by atoms with E-state index in [1.165, 1.54) is 7.11 Å². The van der Waals surface area contributed by atoms with Crippen LogP contribution in [0.4, 0.5) is 10.5 Å². The molecule has 0 spiro atoms. The molecular weight excluding hydrogens is 448 g/mol. The number of aliphatic carboxylic acids is 1. The predicted molar refractivity (Wildman–Crippen MR) is 131 cm³/mol. The van der Waals surface area contributed by atoms with Crippen LogP contribution in [0.5, 0.6) is 0 Å². The first-order valence-electron chi connectivity index (χ1n) is 11.2. The topological polar surface area (TPSA) is 114 Å². The summed E-state index contributed by atoms with van der Waals surface area (Å²) in [6.45, 7) is 0.255. The third kappa shape index (κ3) is 5.33. The molecule has 8 nitrogen and oxygen atoms in total. The van der Waals surface area contributed by atoms with Crippen LogP contribution in [-0.4, -0.2) is 49.4 Å². The molecule has 0 fully saturated rings. The first-order valence-corrected chi connectivity index (χ1v) is 11.2. The van der Waals surface area contributed by atoms with E-state index in [0.717, 1.165) is 22.3 Å². The van der Waals surface area contributed by atoms with Crippen LogP contribution in [0.25, 0.3) is 11.1 Å². The summed E-state index contributed by atoms with van der Waals surface area (Å²) in [7, 11) is 1.30. The van der Waals surface area contributed by atoms with Crippen molar-refractivity contribution in [1.82, 2.24) is 5.32 Å². The Bertz CT molecular complexity index is 1200. The molecule has 1 unspecified atom stereocenters. The van der Waals surface area contributed by atoms with Gasteiger partial charge in [0.25, 0.3) is 5.91 Å². The number of amides is 2. The standard InChI is InChI=1S/C27H26N2O6/c1-34-24(26(31)32)14-15-28-25(30)21-12-6-7-13-23(21)29-27(33)35-16-22-19-10-4-2-8-17(19)18-9-3-5-11-20(18)22/h2-13,22,24H,14-16H2,1H3,(H,28,30)(H,29,33)(H,31,32). The smallest absolute Gasteiger partial charge is 0.411 e. The number of fused-ring (bicyclic) bond motifs is 3. The van der Waals surface area contributed by atoms with E-state index in [2.05, 4.69) is 22.8 Å².